The van der Waals surface area contributed by atoms with Crippen LogP contribution in [0.2, 0.25) is 0 Å². The number of nitrogens with one attached hydrogen (secondary N) is 2. The monoisotopic (exact) mass is 228 g/mol. The number of hydrogen-bond donors (Lipinski definition) is 2. The van der Waals surface area contributed by atoms with E-state index in [-0.39, 0.29) is 0 Å². The summed E-state index contributed by atoms with van der Waals surface area (Å²) in [6, 6.07) is 0. The van der Waals surface area contributed by atoms with Gasteiger partial charge < -0.3 is 10.6 Å². The van der Waals surface area contributed by atoms with Crippen molar-refractivity contribution in [2.24, 2.45) is 0 Å². The maximum atomic E-state index is 3.29. The second-order valence-electron chi connectivity index (χ2n) is 3.16. The Balaban J connectivity index is 3.14. The molecule has 0 spiro atoms. The molecule has 0 fully saturated rings. The molecule has 0 radical (unpaired) electrons. The predicted octanol–water partition coefficient (Wildman–Crippen LogP) is 2.75. The maximum Gasteiger partial charge on any atom is -0.00141 e. The van der Waals surface area contributed by atoms with Crippen LogP contribution in [0.4, 0.5) is 0 Å². The lowest BCUT2D eigenvalue weighted by molar-refractivity contribution is 0.727. The van der Waals surface area contributed by atoms with Crippen LogP contribution in [0.3, 0.4) is 0 Å². The van der Waals surface area contributed by atoms with Crippen molar-refractivity contribution in [3.63, 3.8) is 0 Å². The maximum absolute atomic E-state index is 3.29. The smallest absolute Gasteiger partial charge is 0.00141 e. The Kier molecular flexibility index (Phi) is 13.5. The fourth-order valence-electron chi connectivity index (χ4n) is 1.02. The largest absolute Gasteiger partial charge is 0.317 e. The average molecular weight is 228 g/mol. The van der Waals surface area contributed by atoms with E-state index >= 15 is 0 Å². The fourth-order valence-corrected chi connectivity index (χ4v) is 1.60. The van der Waals surface area contributed by atoms with E-state index in [1.807, 2.05) is 0 Å². The molecule has 0 unspecified atom stereocenters. The van der Waals surface area contributed by atoms with Gasteiger partial charge in [-0.15, -0.1) is 11.8 Å². The molecule has 0 saturated heterocycles. The molecule has 0 bridgehead atoms. The molecule has 0 saturated carbocycles. The van der Waals surface area contributed by atoms with Gasteiger partial charge in [-0.25, -0.2) is 0 Å². The first-order valence-electron chi connectivity index (χ1n) is 5.78. The first-order chi connectivity index (χ1) is 7.41. The second-order valence-corrected chi connectivity index (χ2v) is 3.98. The van der Waals surface area contributed by atoms with Crippen molar-refractivity contribution in [2.45, 2.75) is 26.7 Å². The van der Waals surface area contributed by atoms with E-state index < -0.39 is 0 Å². The molecular formula is C12H24N2S. The van der Waals surface area contributed by atoms with Crippen LogP contribution in [0.15, 0.2) is 23.0 Å². The van der Waals surface area contributed by atoms with E-state index in [4.69, 9.17) is 0 Å². The number of hydrogen-bond acceptors (Lipinski definition) is 3. The zero-order chi connectivity index (χ0) is 11.2. The lowest BCUT2D eigenvalue weighted by atomic mass is 10.4. The van der Waals surface area contributed by atoms with Crippen LogP contribution in [0.1, 0.15) is 26.7 Å². The normalized spacial score (nSPS) is 11.9. The molecule has 0 rings (SSSR count). The van der Waals surface area contributed by atoms with Gasteiger partial charge in [-0.2, -0.15) is 0 Å². The van der Waals surface area contributed by atoms with Gasteiger partial charge in [0.05, 0.1) is 0 Å². The standard InChI is InChI=1S/C12H24N2S/c1-3-13-9-5-7-11-15-12-8-6-10-14-4-2/h7-8,11-14H,3-6,9-10H2,1-2H3. The molecule has 3 heteroatoms. The van der Waals surface area contributed by atoms with Crippen molar-refractivity contribution in [2.75, 3.05) is 26.2 Å². The molecule has 2 nitrogen and oxygen atoms in total. The highest BCUT2D eigenvalue weighted by molar-refractivity contribution is 8.04. The van der Waals surface area contributed by atoms with Gasteiger partial charge in [0.2, 0.25) is 0 Å². The topological polar surface area (TPSA) is 24.1 Å². The van der Waals surface area contributed by atoms with E-state index in [1.165, 1.54) is 0 Å². The molecule has 0 aromatic heterocycles. The predicted molar refractivity (Wildman–Crippen MR) is 72.2 cm³/mol. The zero-order valence-corrected chi connectivity index (χ0v) is 10.8. The molecule has 0 heterocycles. The molecule has 0 atom stereocenters. The summed E-state index contributed by atoms with van der Waals surface area (Å²) in [6.45, 7) is 8.54. The molecule has 0 aliphatic rings. The molecule has 0 aliphatic carbocycles. The average Bonchev–Trinajstić information content (AvgIpc) is 2.26. The Morgan fingerprint density at radius 2 is 1.33 bits per heavy atom. The fraction of sp³-hybridized carbons (Fsp3) is 0.667. The van der Waals surface area contributed by atoms with Gasteiger partial charge in [0, 0.05) is 0 Å². The third-order valence-electron chi connectivity index (χ3n) is 1.83. The summed E-state index contributed by atoms with van der Waals surface area (Å²) >= 11 is 1.75. The van der Waals surface area contributed by atoms with Crippen LogP contribution >= 0.6 is 11.8 Å². The van der Waals surface area contributed by atoms with Crippen molar-refractivity contribution < 1.29 is 0 Å². The van der Waals surface area contributed by atoms with Crippen LogP contribution in [-0.4, -0.2) is 26.2 Å². The molecule has 2 N–H and O–H groups in total. The first-order valence-corrected chi connectivity index (χ1v) is 6.73. The van der Waals surface area contributed by atoms with Crippen molar-refractivity contribution in [3.8, 4) is 0 Å². The SMILES string of the molecule is CCNCCC=CSC=CCCNCC. The van der Waals surface area contributed by atoms with Crippen molar-refractivity contribution in [1.29, 1.82) is 0 Å². The Labute approximate surface area is 98.6 Å². The zero-order valence-electron chi connectivity index (χ0n) is 9.96. The minimum atomic E-state index is 1.06. The summed E-state index contributed by atoms with van der Waals surface area (Å²) in [5.74, 6) is 0. The molecule has 88 valence electrons. The number of thioether (sulfide) groups is 1. The molecule has 0 aromatic rings. The lowest BCUT2D eigenvalue weighted by Gasteiger charge is -1.95. The van der Waals surface area contributed by atoms with Gasteiger partial charge in [0.25, 0.3) is 0 Å². The Morgan fingerprint density at radius 3 is 1.73 bits per heavy atom. The van der Waals surface area contributed by atoms with Gasteiger partial charge in [-0.3, -0.25) is 0 Å². The summed E-state index contributed by atoms with van der Waals surface area (Å²) in [5, 5.41) is 10.9. The van der Waals surface area contributed by atoms with Crippen molar-refractivity contribution in [3.05, 3.63) is 23.0 Å². The minimum Gasteiger partial charge on any atom is -0.317 e. The molecule has 0 aromatic carbocycles. The van der Waals surface area contributed by atoms with Gasteiger partial charge in [0.15, 0.2) is 0 Å². The summed E-state index contributed by atoms with van der Waals surface area (Å²) in [4.78, 5) is 0. The highest BCUT2D eigenvalue weighted by atomic mass is 32.2. The first kappa shape index (κ1) is 14.8. The van der Waals surface area contributed by atoms with E-state index in [2.05, 4.69) is 47.4 Å². The van der Waals surface area contributed by atoms with Crippen molar-refractivity contribution in [1.82, 2.24) is 10.6 Å². The van der Waals surface area contributed by atoms with Crippen LogP contribution in [-0.2, 0) is 0 Å². The Morgan fingerprint density at radius 1 is 0.867 bits per heavy atom. The summed E-state index contributed by atoms with van der Waals surface area (Å²) in [7, 11) is 0. The van der Waals surface area contributed by atoms with Crippen LogP contribution in [0.25, 0.3) is 0 Å². The summed E-state index contributed by atoms with van der Waals surface area (Å²) < 4.78 is 0. The number of rotatable bonds is 10. The second kappa shape index (κ2) is 13.8. The third-order valence-corrected chi connectivity index (χ3v) is 2.52. The van der Waals surface area contributed by atoms with Gasteiger partial charge in [-0.05, 0) is 49.8 Å². The van der Waals surface area contributed by atoms with Gasteiger partial charge in [0.1, 0.15) is 0 Å². The lowest BCUT2D eigenvalue weighted by Crippen LogP contribution is -2.12. The molecule has 15 heavy (non-hydrogen) atoms. The molecular weight excluding hydrogens is 204 g/mol. The third kappa shape index (κ3) is 13.8. The Hall–Kier alpha value is -0.250. The summed E-state index contributed by atoms with van der Waals surface area (Å²) in [6.07, 6.45) is 6.65. The van der Waals surface area contributed by atoms with Crippen molar-refractivity contribution >= 4 is 11.8 Å². The van der Waals surface area contributed by atoms with E-state index in [0.29, 0.717) is 0 Å². The van der Waals surface area contributed by atoms with Crippen LogP contribution in [0.5, 0.6) is 0 Å². The Bertz CT molecular complexity index is 149. The van der Waals surface area contributed by atoms with Crippen LogP contribution in [0, 0.1) is 0 Å². The van der Waals surface area contributed by atoms with Crippen LogP contribution < -0.4 is 10.6 Å². The van der Waals surface area contributed by atoms with Gasteiger partial charge >= 0.3 is 0 Å². The quantitative estimate of drug-likeness (QED) is 0.562. The highest BCUT2D eigenvalue weighted by Gasteiger charge is 1.80. The molecule has 0 aliphatic heterocycles. The summed E-state index contributed by atoms with van der Waals surface area (Å²) in [5.41, 5.74) is 0. The molecule has 0 amide bonds. The van der Waals surface area contributed by atoms with E-state index in [9.17, 15) is 0 Å². The highest BCUT2D eigenvalue weighted by Crippen LogP contribution is 2.04. The van der Waals surface area contributed by atoms with E-state index in [0.717, 1.165) is 39.0 Å². The van der Waals surface area contributed by atoms with Gasteiger partial charge in [-0.1, -0.05) is 26.0 Å². The van der Waals surface area contributed by atoms with E-state index in [1.54, 1.807) is 11.8 Å². The minimum absolute atomic E-state index is 1.06.